The second-order valence-electron chi connectivity index (χ2n) is 6.32. The van der Waals surface area contributed by atoms with Crippen molar-refractivity contribution in [2.75, 3.05) is 6.61 Å². The number of ether oxygens (including phenoxy) is 1. The fourth-order valence-electron chi connectivity index (χ4n) is 2.57. The second-order valence-corrected chi connectivity index (χ2v) is 6.32. The summed E-state index contributed by atoms with van der Waals surface area (Å²) in [5.74, 6) is -1.03. The van der Waals surface area contributed by atoms with Crippen LogP contribution < -0.4 is 10.1 Å². The Kier molecular flexibility index (Phi) is 6.66. The van der Waals surface area contributed by atoms with Crippen LogP contribution in [0.2, 0.25) is 0 Å². The highest BCUT2D eigenvalue weighted by Crippen LogP contribution is 2.27. The van der Waals surface area contributed by atoms with E-state index in [0.717, 1.165) is 30.2 Å². The third-order valence-electron chi connectivity index (χ3n) is 3.72. The Morgan fingerprint density at radius 3 is 2.54 bits per heavy atom. The number of carbonyl (C=O) groups excluding carboxylic acids is 1. The molecule has 0 unspecified atom stereocenters. The number of hydrogen-bond donors (Lipinski definition) is 1. The van der Waals surface area contributed by atoms with E-state index in [-0.39, 0.29) is 17.5 Å². The molecule has 6 nitrogen and oxygen atoms in total. The molecule has 0 heterocycles. The third kappa shape index (κ3) is 5.54. The number of nitro benzene ring substituents is 1. The van der Waals surface area contributed by atoms with Gasteiger partial charge >= 0.3 is 5.69 Å². The quantitative estimate of drug-likeness (QED) is 0.569. The molecule has 1 N–H and O–H groups in total. The first-order chi connectivity index (χ1) is 12.4. The van der Waals surface area contributed by atoms with E-state index in [1.807, 2.05) is 30.3 Å². The van der Waals surface area contributed by atoms with E-state index in [4.69, 9.17) is 4.74 Å². The topological polar surface area (TPSA) is 81.5 Å². The molecule has 0 fully saturated rings. The summed E-state index contributed by atoms with van der Waals surface area (Å²) >= 11 is 0. The molecule has 0 spiro atoms. The van der Waals surface area contributed by atoms with E-state index < -0.39 is 23.3 Å². The van der Waals surface area contributed by atoms with Crippen LogP contribution in [0.15, 0.2) is 48.5 Å². The summed E-state index contributed by atoms with van der Waals surface area (Å²) in [6.07, 6.45) is 0.732. The summed E-state index contributed by atoms with van der Waals surface area (Å²) in [4.78, 5) is 22.5. The van der Waals surface area contributed by atoms with E-state index >= 15 is 0 Å². The largest absolute Gasteiger partial charge is 0.477 e. The van der Waals surface area contributed by atoms with Crippen LogP contribution in [-0.4, -0.2) is 17.4 Å². The number of halogens is 1. The Morgan fingerprint density at radius 2 is 1.92 bits per heavy atom. The summed E-state index contributed by atoms with van der Waals surface area (Å²) < 4.78 is 18.5. The molecule has 26 heavy (non-hydrogen) atoms. The maximum atomic E-state index is 13.3. The molecule has 2 aromatic carbocycles. The van der Waals surface area contributed by atoms with Gasteiger partial charge in [0.15, 0.2) is 6.61 Å². The standard InChI is InChI=1S/C19H21FN2O4/c1-13(2)10-16(14-6-4-3-5-7-14)21-19(23)12-26-18-11-15(20)8-9-17(18)22(24)25/h3-9,11,13,16H,10,12H2,1-2H3,(H,21,23)/t16-/m1/s1. The number of nitro groups is 1. The Hall–Kier alpha value is -2.96. The summed E-state index contributed by atoms with van der Waals surface area (Å²) in [7, 11) is 0. The van der Waals surface area contributed by atoms with Gasteiger partial charge in [-0.15, -0.1) is 0 Å². The van der Waals surface area contributed by atoms with E-state index in [2.05, 4.69) is 19.2 Å². The predicted octanol–water partition coefficient (Wildman–Crippen LogP) is 4.02. The van der Waals surface area contributed by atoms with Gasteiger partial charge in [-0.3, -0.25) is 14.9 Å². The number of carbonyl (C=O) groups is 1. The van der Waals surface area contributed by atoms with Gasteiger partial charge in [-0.1, -0.05) is 44.2 Å². The SMILES string of the molecule is CC(C)C[C@@H](NC(=O)COc1cc(F)ccc1[N+](=O)[O-])c1ccccc1. The molecule has 0 aromatic heterocycles. The lowest BCUT2D eigenvalue weighted by molar-refractivity contribution is -0.385. The van der Waals surface area contributed by atoms with Crippen molar-refractivity contribution < 1.29 is 18.8 Å². The fourth-order valence-corrected chi connectivity index (χ4v) is 2.57. The zero-order valence-electron chi connectivity index (χ0n) is 14.6. The minimum Gasteiger partial charge on any atom is -0.477 e. The Balaban J connectivity index is 2.05. The molecular formula is C19H21FN2O4. The van der Waals surface area contributed by atoms with Gasteiger partial charge in [0.25, 0.3) is 5.91 Å². The van der Waals surface area contributed by atoms with Crippen LogP contribution in [0.3, 0.4) is 0 Å². The number of nitrogens with one attached hydrogen (secondary N) is 1. The summed E-state index contributed by atoms with van der Waals surface area (Å²) in [5, 5.41) is 13.8. The van der Waals surface area contributed by atoms with Crippen LogP contribution in [0.4, 0.5) is 10.1 Å². The normalized spacial score (nSPS) is 11.8. The zero-order valence-corrected chi connectivity index (χ0v) is 14.6. The van der Waals surface area contributed by atoms with E-state index in [1.54, 1.807) is 0 Å². The van der Waals surface area contributed by atoms with Crippen molar-refractivity contribution in [1.29, 1.82) is 0 Å². The lowest BCUT2D eigenvalue weighted by Gasteiger charge is -2.21. The van der Waals surface area contributed by atoms with Crippen LogP contribution in [-0.2, 0) is 4.79 Å². The van der Waals surface area contributed by atoms with Crippen molar-refractivity contribution in [2.24, 2.45) is 5.92 Å². The van der Waals surface area contributed by atoms with Gasteiger partial charge in [0.05, 0.1) is 11.0 Å². The number of nitrogens with zero attached hydrogens (tertiary/aromatic N) is 1. The fraction of sp³-hybridized carbons (Fsp3) is 0.316. The zero-order chi connectivity index (χ0) is 19.1. The molecule has 0 aliphatic carbocycles. The minimum atomic E-state index is -0.682. The number of benzene rings is 2. The average molecular weight is 360 g/mol. The lowest BCUT2D eigenvalue weighted by atomic mass is 9.97. The molecule has 0 saturated carbocycles. The molecule has 1 atom stereocenters. The first-order valence-corrected chi connectivity index (χ1v) is 8.28. The van der Waals surface area contributed by atoms with Crippen molar-refractivity contribution in [2.45, 2.75) is 26.3 Å². The van der Waals surface area contributed by atoms with Crippen molar-refractivity contribution >= 4 is 11.6 Å². The Morgan fingerprint density at radius 1 is 1.23 bits per heavy atom. The molecule has 138 valence electrons. The number of rotatable bonds is 8. The smallest absolute Gasteiger partial charge is 0.311 e. The first kappa shape index (κ1) is 19.4. The molecule has 0 aliphatic heterocycles. The van der Waals surface area contributed by atoms with Crippen LogP contribution in [0.1, 0.15) is 31.9 Å². The lowest BCUT2D eigenvalue weighted by Crippen LogP contribution is -2.33. The molecule has 0 bridgehead atoms. The van der Waals surface area contributed by atoms with Crippen molar-refractivity contribution in [1.82, 2.24) is 5.32 Å². The second kappa shape index (κ2) is 8.94. The van der Waals surface area contributed by atoms with Crippen LogP contribution in [0.5, 0.6) is 5.75 Å². The molecule has 0 radical (unpaired) electrons. The summed E-state index contributed by atoms with van der Waals surface area (Å²) in [5.41, 5.74) is 0.576. The molecule has 0 saturated heterocycles. The minimum absolute atomic E-state index is 0.199. The number of amides is 1. The molecule has 2 aromatic rings. The van der Waals surface area contributed by atoms with Gasteiger partial charge in [0.2, 0.25) is 5.75 Å². The predicted molar refractivity (Wildman–Crippen MR) is 95.3 cm³/mol. The van der Waals surface area contributed by atoms with Crippen LogP contribution >= 0.6 is 0 Å². The summed E-state index contributed by atoms with van der Waals surface area (Å²) in [6.45, 7) is 3.66. The van der Waals surface area contributed by atoms with Crippen molar-refractivity contribution in [3.8, 4) is 5.75 Å². The summed E-state index contributed by atoms with van der Waals surface area (Å²) in [6, 6.07) is 12.2. The average Bonchev–Trinajstić information content (AvgIpc) is 2.59. The molecule has 7 heteroatoms. The maximum Gasteiger partial charge on any atom is 0.311 e. The van der Waals surface area contributed by atoms with Gasteiger partial charge < -0.3 is 10.1 Å². The van der Waals surface area contributed by atoms with Gasteiger partial charge in [-0.05, 0) is 24.0 Å². The number of hydrogen-bond acceptors (Lipinski definition) is 4. The van der Waals surface area contributed by atoms with Crippen molar-refractivity contribution in [3.05, 3.63) is 70.0 Å². The Labute approximate surface area is 151 Å². The molecule has 0 aliphatic rings. The Bertz CT molecular complexity index is 765. The molecule has 1 amide bonds. The molecular weight excluding hydrogens is 339 g/mol. The highest BCUT2D eigenvalue weighted by Gasteiger charge is 2.19. The van der Waals surface area contributed by atoms with Gasteiger partial charge in [0, 0.05) is 12.1 Å². The van der Waals surface area contributed by atoms with E-state index in [9.17, 15) is 19.3 Å². The maximum absolute atomic E-state index is 13.3. The molecule has 2 rings (SSSR count). The van der Waals surface area contributed by atoms with Gasteiger partial charge in [0.1, 0.15) is 5.82 Å². The van der Waals surface area contributed by atoms with Crippen LogP contribution in [0, 0.1) is 21.8 Å². The van der Waals surface area contributed by atoms with Gasteiger partial charge in [-0.2, -0.15) is 0 Å². The monoisotopic (exact) mass is 360 g/mol. The highest BCUT2D eigenvalue weighted by molar-refractivity contribution is 5.78. The van der Waals surface area contributed by atoms with Gasteiger partial charge in [-0.25, -0.2) is 4.39 Å². The highest BCUT2D eigenvalue weighted by atomic mass is 19.1. The van der Waals surface area contributed by atoms with Crippen molar-refractivity contribution in [3.63, 3.8) is 0 Å². The van der Waals surface area contributed by atoms with E-state index in [0.29, 0.717) is 5.92 Å². The third-order valence-corrected chi connectivity index (χ3v) is 3.72. The van der Waals surface area contributed by atoms with E-state index in [1.165, 1.54) is 0 Å². The first-order valence-electron chi connectivity index (χ1n) is 8.28. The van der Waals surface area contributed by atoms with Crippen LogP contribution in [0.25, 0.3) is 0 Å².